The highest BCUT2D eigenvalue weighted by molar-refractivity contribution is 7.99. The molecule has 33 heavy (non-hydrogen) atoms. The number of benzene rings is 1. The molecule has 176 valence electrons. The topological polar surface area (TPSA) is 101 Å². The first-order valence-electron chi connectivity index (χ1n) is 10.5. The fraction of sp³-hybridized carbons (Fsp3) is 0.417. The molecule has 3 rings (SSSR count). The van der Waals surface area contributed by atoms with E-state index in [2.05, 4.69) is 4.98 Å². The van der Waals surface area contributed by atoms with Crippen LogP contribution < -0.4 is 4.74 Å². The Morgan fingerprint density at radius 3 is 1.97 bits per heavy atom. The van der Waals surface area contributed by atoms with Crippen molar-refractivity contribution in [2.75, 3.05) is 5.75 Å². The summed E-state index contributed by atoms with van der Waals surface area (Å²) in [6.07, 6.45) is 0.777. The highest BCUT2D eigenvalue weighted by Gasteiger charge is 2.47. The molecule has 0 bridgehead atoms. The predicted octanol–water partition coefficient (Wildman–Crippen LogP) is 3.61. The molecule has 0 aliphatic carbocycles. The van der Waals surface area contributed by atoms with Crippen molar-refractivity contribution in [3.8, 4) is 16.9 Å². The quantitative estimate of drug-likeness (QED) is 0.460. The lowest BCUT2D eigenvalue weighted by Crippen LogP contribution is -2.55. The van der Waals surface area contributed by atoms with Gasteiger partial charge in [-0.1, -0.05) is 0 Å². The van der Waals surface area contributed by atoms with Crippen LogP contribution in [-0.4, -0.2) is 52.4 Å². The van der Waals surface area contributed by atoms with Gasteiger partial charge in [0.15, 0.2) is 23.7 Å². The van der Waals surface area contributed by atoms with Crippen molar-refractivity contribution >= 4 is 29.7 Å². The van der Waals surface area contributed by atoms with E-state index in [9.17, 15) is 14.4 Å². The summed E-state index contributed by atoms with van der Waals surface area (Å²) < 4.78 is 22.5. The summed E-state index contributed by atoms with van der Waals surface area (Å²) in [5.74, 6) is -0.752. The minimum atomic E-state index is -0.986. The Balaban J connectivity index is 1.90. The third-order valence-electron chi connectivity index (χ3n) is 5.03. The molecule has 2 aromatic rings. The minimum absolute atomic E-state index is 0.313. The van der Waals surface area contributed by atoms with Crippen molar-refractivity contribution in [1.82, 2.24) is 4.98 Å². The Morgan fingerprint density at radius 2 is 1.42 bits per heavy atom. The van der Waals surface area contributed by atoms with Crippen molar-refractivity contribution in [3.63, 3.8) is 0 Å². The molecule has 4 atom stereocenters. The Hall–Kier alpha value is -3.07. The molecule has 8 nitrogen and oxygen atoms in total. The molecule has 1 aromatic carbocycles. The average Bonchev–Trinajstić information content (AvgIpc) is 2.71. The Morgan fingerprint density at radius 1 is 0.879 bits per heavy atom. The third kappa shape index (κ3) is 6.25. The molecule has 1 aliphatic rings. The molecular weight excluding hydrogens is 446 g/mol. The average molecular weight is 474 g/mol. The van der Waals surface area contributed by atoms with E-state index in [4.69, 9.17) is 18.9 Å². The monoisotopic (exact) mass is 473 g/mol. The maximum Gasteiger partial charge on any atom is 0.303 e. The highest BCUT2D eigenvalue weighted by atomic mass is 32.2. The fourth-order valence-corrected chi connectivity index (χ4v) is 5.13. The van der Waals surface area contributed by atoms with Gasteiger partial charge in [-0.05, 0) is 60.4 Å². The van der Waals surface area contributed by atoms with Gasteiger partial charge in [-0.2, -0.15) is 0 Å². The molecule has 0 radical (unpaired) electrons. The standard InChI is InChI=1S/C24H27NO7S/c1-13-10-19(11-14(2)21(13)18-6-8-25-9-7-18)32-24-23(31-17(5)28)22(30-16(4)27)20(12-33-24)29-15(3)26/h6-11,20,22-24H,12H2,1-5H3/t20-,22+,23-,24+/m1/s1. The summed E-state index contributed by atoms with van der Waals surface area (Å²) in [6.45, 7) is 7.77. The molecule has 0 unspecified atom stereocenters. The van der Waals surface area contributed by atoms with E-state index in [0.29, 0.717) is 11.5 Å². The number of hydrogen-bond donors (Lipinski definition) is 0. The number of aryl methyl sites for hydroxylation is 2. The zero-order chi connectivity index (χ0) is 24.1. The number of hydrogen-bond acceptors (Lipinski definition) is 9. The van der Waals surface area contributed by atoms with Gasteiger partial charge >= 0.3 is 17.9 Å². The summed E-state index contributed by atoms with van der Waals surface area (Å²) in [6, 6.07) is 7.71. The smallest absolute Gasteiger partial charge is 0.303 e. The minimum Gasteiger partial charge on any atom is -0.476 e. The van der Waals surface area contributed by atoms with Gasteiger partial charge in [0, 0.05) is 38.9 Å². The molecule has 0 N–H and O–H groups in total. The number of carbonyl (C=O) groups is 3. The molecule has 1 aromatic heterocycles. The van der Waals surface area contributed by atoms with Crippen LogP contribution in [0.3, 0.4) is 0 Å². The van der Waals surface area contributed by atoms with E-state index in [-0.39, 0.29) is 0 Å². The first-order valence-corrected chi connectivity index (χ1v) is 11.5. The van der Waals surface area contributed by atoms with Crippen molar-refractivity contribution in [2.24, 2.45) is 0 Å². The number of rotatable bonds is 6. The van der Waals surface area contributed by atoms with Crippen LogP contribution in [0.4, 0.5) is 0 Å². The Labute approximate surface area is 197 Å². The zero-order valence-corrected chi connectivity index (χ0v) is 20.0. The van der Waals surface area contributed by atoms with Crippen molar-refractivity contribution in [1.29, 1.82) is 0 Å². The van der Waals surface area contributed by atoms with Crippen molar-refractivity contribution < 1.29 is 33.3 Å². The summed E-state index contributed by atoms with van der Waals surface area (Å²) >= 11 is 1.33. The van der Waals surface area contributed by atoms with Gasteiger partial charge in [-0.3, -0.25) is 19.4 Å². The first-order chi connectivity index (χ1) is 15.7. The second kappa shape index (κ2) is 10.7. The predicted molar refractivity (Wildman–Crippen MR) is 123 cm³/mol. The number of aromatic nitrogens is 1. The van der Waals surface area contributed by atoms with Crippen molar-refractivity contribution in [2.45, 2.75) is 58.4 Å². The molecule has 1 aliphatic heterocycles. The van der Waals surface area contributed by atoms with E-state index in [0.717, 1.165) is 22.3 Å². The van der Waals surface area contributed by atoms with Crippen LogP contribution in [0.2, 0.25) is 0 Å². The van der Waals surface area contributed by atoms with Crippen LogP contribution in [0.25, 0.3) is 11.1 Å². The lowest BCUT2D eigenvalue weighted by molar-refractivity contribution is -0.186. The van der Waals surface area contributed by atoms with Gasteiger partial charge in [0.05, 0.1) is 0 Å². The Kier molecular flexibility index (Phi) is 7.97. The van der Waals surface area contributed by atoms with E-state index in [1.54, 1.807) is 12.4 Å². The molecule has 2 heterocycles. The molecule has 9 heteroatoms. The zero-order valence-electron chi connectivity index (χ0n) is 19.2. The van der Waals surface area contributed by atoms with Gasteiger partial charge in [0.25, 0.3) is 0 Å². The fourth-order valence-electron chi connectivity index (χ4n) is 3.91. The second-order valence-electron chi connectivity index (χ2n) is 7.78. The maximum atomic E-state index is 11.8. The first kappa shape index (κ1) is 24.6. The lowest BCUT2D eigenvalue weighted by Gasteiger charge is -2.40. The summed E-state index contributed by atoms with van der Waals surface area (Å²) in [5.41, 5.74) is 3.49. The molecule has 1 saturated heterocycles. The SMILES string of the molecule is CC(=O)O[C@@H]1[C@@H](OC(C)=O)[C@@H](Oc2cc(C)c(-c3ccncc3)c(C)c2)SC[C@H]1OC(C)=O. The van der Waals surface area contributed by atoms with E-state index < -0.39 is 41.7 Å². The summed E-state index contributed by atoms with van der Waals surface area (Å²) in [7, 11) is 0. The summed E-state index contributed by atoms with van der Waals surface area (Å²) in [4.78, 5) is 39.2. The third-order valence-corrected chi connectivity index (χ3v) is 6.25. The van der Waals surface area contributed by atoms with Crippen LogP contribution in [0.1, 0.15) is 31.9 Å². The van der Waals surface area contributed by atoms with E-state index in [1.165, 1.54) is 32.5 Å². The molecular formula is C24H27NO7S. The second-order valence-corrected chi connectivity index (χ2v) is 8.91. The highest BCUT2D eigenvalue weighted by Crippen LogP contribution is 2.36. The maximum absolute atomic E-state index is 11.8. The number of esters is 3. The van der Waals surface area contributed by atoms with Crippen LogP contribution in [0.15, 0.2) is 36.7 Å². The van der Waals surface area contributed by atoms with E-state index in [1.807, 2.05) is 38.1 Å². The molecule has 0 amide bonds. The number of thioether (sulfide) groups is 1. The van der Waals surface area contributed by atoms with Crippen LogP contribution >= 0.6 is 11.8 Å². The van der Waals surface area contributed by atoms with Gasteiger partial charge in [-0.15, -0.1) is 11.8 Å². The Bertz CT molecular complexity index is 1000. The summed E-state index contributed by atoms with van der Waals surface area (Å²) in [5, 5.41) is 0. The lowest BCUT2D eigenvalue weighted by atomic mass is 9.96. The molecule has 0 saturated carbocycles. The van der Waals surface area contributed by atoms with Gasteiger partial charge in [0.2, 0.25) is 0 Å². The normalized spacial score (nSPS) is 22.2. The van der Waals surface area contributed by atoms with Crippen LogP contribution in [0.5, 0.6) is 5.75 Å². The van der Waals surface area contributed by atoms with E-state index >= 15 is 0 Å². The van der Waals surface area contributed by atoms with Crippen LogP contribution in [-0.2, 0) is 28.6 Å². The van der Waals surface area contributed by atoms with Gasteiger partial charge in [0.1, 0.15) is 5.75 Å². The number of nitrogens with zero attached hydrogens (tertiary/aromatic N) is 1. The number of carbonyl (C=O) groups excluding carboxylic acids is 3. The largest absolute Gasteiger partial charge is 0.476 e. The number of pyridine rings is 1. The van der Waals surface area contributed by atoms with Gasteiger partial charge < -0.3 is 18.9 Å². The van der Waals surface area contributed by atoms with Gasteiger partial charge in [-0.25, -0.2) is 0 Å². The van der Waals surface area contributed by atoms with Crippen LogP contribution in [0, 0.1) is 13.8 Å². The van der Waals surface area contributed by atoms with Crippen molar-refractivity contribution in [3.05, 3.63) is 47.8 Å². The molecule has 0 spiro atoms. The number of ether oxygens (including phenoxy) is 4. The molecule has 1 fully saturated rings.